The summed E-state index contributed by atoms with van der Waals surface area (Å²) in [5.74, 6) is 0.894. The van der Waals surface area contributed by atoms with Crippen LogP contribution in [-0.4, -0.2) is 63.8 Å². The maximum atomic E-state index is 13.1. The molecular weight excluding hydrogens is 354 g/mol. The fraction of sp³-hybridized carbons (Fsp3) is 0.571. The summed E-state index contributed by atoms with van der Waals surface area (Å²) in [5, 5.41) is 4.63. The zero-order valence-electron chi connectivity index (χ0n) is 16.8. The Labute approximate surface area is 165 Å². The van der Waals surface area contributed by atoms with E-state index >= 15 is 0 Å². The second kappa shape index (κ2) is 7.91. The van der Waals surface area contributed by atoms with Crippen LogP contribution in [0.2, 0.25) is 0 Å². The molecule has 4 rings (SSSR count). The highest BCUT2D eigenvalue weighted by molar-refractivity contribution is 5.93. The Bertz CT molecular complexity index is 891. The van der Waals surface area contributed by atoms with Crippen molar-refractivity contribution in [2.24, 2.45) is 0 Å². The Morgan fingerprint density at radius 1 is 1.14 bits per heavy atom. The van der Waals surface area contributed by atoms with Crippen LogP contribution in [0.3, 0.4) is 0 Å². The Hall–Kier alpha value is -2.41. The summed E-state index contributed by atoms with van der Waals surface area (Å²) in [7, 11) is 3.48. The Kier molecular flexibility index (Phi) is 5.35. The number of rotatable bonds is 5. The van der Waals surface area contributed by atoms with Crippen LogP contribution in [0, 0.1) is 0 Å². The van der Waals surface area contributed by atoms with Gasteiger partial charge in [0.2, 0.25) is 0 Å². The molecule has 0 bridgehead atoms. The van der Waals surface area contributed by atoms with Gasteiger partial charge in [0.25, 0.3) is 5.91 Å². The minimum absolute atomic E-state index is 0.00709. The van der Waals surface area contributed by atoms with Gasteiger partial charge in [0, 0.05) is 32.6 Å². The molecule has 1 aromatic heterocycles. The van der Waals surface area contributed by atoms with Crippen LogP contribution in [-0.2, 0) is 13.0 Å². The lowest BCUT2D eigenvalue weighted by molar-refractivity contribution is 0.0827. The van der Waals surface area contributed by atoms with Crippen molar-refractivity contribution in [3.8, 4) is 0 Å². The normalized spacial score (nSPS) is 19.6. The number of fused-ring (bicyclic) bond motifs is 1. The van der Waals surface area contributed by atoms with Gasteiger partial charge >= 0.3 is 5.69 Å². The molecule has 1 fully saturated rings. The highest BCUT2D eigenvalue weighted by Crippen LogP contribution is 2.24. The van der Waals surface area contributed by atoms with Crippen molar-refractivity contribution in [1.82, 2.24) is 24.1 Å². The van der Waals surface area contributed by atoms with Gasteiger partial charge in [0.05, 0.1) is 12.6 Å². The van der Waals surface area contributed by atoms with Crippen LogP contribution in [0.4, 0.5) is 0 Å². The molecule has 1 aromatic carbocycles. The first-order chi connectivity index (χ1) is 13.5. The molecule has 0 aliphatic carbocycles. The number of aryl methyl sites for hydroxylation is 1. The maximum Gasteiger partial charge on any atom is 0.346 e. The van der Waals surface area contributed by atoms with Gasteiger partial charge in [-0.2, -0.15) is 5.10 Å². The largest absolute Gasteiger partial charge is 0.346 e. The fourth-order valence-corrected chi connectivity index (χ4v) is 4.35. The number of aromatic nitrogens is 3. The van der Waals surface area contributed by atoms with Gasteiger partial charge in [-0.1, -0.05) is 12.1 Å². The van der Waals surface area contributed by atoms with E-state index in [2.05, 4.69) is 10.00 Å². The van der Waals surface area contributed by atoms with Gasteiger partial charge in [0.1, 0.15) is 5.82 Å². The Balaban J connectivity index is 1.52. The molecule has 1 atom stereocenters. The molecule has 7 heteroatoms. The third kappa shape index (κ3) is 3.76. The zero-order chi connectivity index (χ0) is 19.7. The van der Waals surface area contributed by atoms with Crippen molar-refractivity contribution in [1.29, 1.82) is 0 Å². The highest BCUT2D eigenvalue weighted by Gasteiger charge is 2.27. The number of likely N-dealkylation sites (tertiary alicyclic amines) is 1. The van der Waals surface area contributed by atoms with Crippen molar-refractivity contribution < 1.29 is 4.79 Å². The van der Waals surface area contributed by atoms with E-state index in [0.717, 1.165) is 50.3 Å². The van der Waals surface area contributed by atoms with Gasteiger partial charge in [-0.15, -0.1) is 0 Å². The predicted octanol–water partition coefficient (Wildman–Crippen LogP) is 1.77. The van der Waals surface area contributed by atoms with Gasteiger partial charge in [0.15, 0.2) is 0 Å². The van der Waals surface area contributed by atoms with Crippen molar-refractivity contribution in [2.45, 2.75) is 44.7 Å². The summed E-state index contributed by atoms with van der Waals surface area (Å²) < 4.78 is 3.52. The van der Waals surface area contributed by atoms with Crippen molar-refractivity contribution >= 4 is 5.91 Å². The number of benzene rings is 1. The molecule has 0 N–H and O–H groups in total. The average Bonchev–Trinajstić information content (AvgIpc) is 3.31. The molecule has 0 radical (unpaired) electrons. The molecule has 28 heavy (non-hydrogen) atoms. The second-order valence-corrected chi connectivity index (χ2v) is 8.18. The molecule has 0 spiro atoms. The Morgan fingerprint density at radius 2 is 1.86 bits per heavy atom. The third-order valence-corrected chi connectivity index (χ3v) is 5.85. The van der Waals surface area contributed by atoms with Crippen LogP contribution in [0.5, 0.6) is 0 Å². The van der Waals surface area contributed by atoms with E-state index in [4.69, 9.17) is 0 Å². The van der Waals surface area contributed by atoms with Gasteiger partial charge in [-0.25, -0.2) is 9.48 Å². The third-order valence-electron chi connectivity index (χ3n) is 5.85. The summed E-state index contributed by atoms with van der Waals surface area (Å²) in [6.07, 6.45) is 5.54. The van der Waals surface area contributed by atoms with E-state index in [-0.39, 0.29) is 17.6 Å². The van der Waals surface area contributed by atoms with Gasteiger partial charge in [-0.3, -0.25) is 9.36 Å². The number of hydrogen-bond donors (Lipinski definition) is 0. The molecule has 2 aliphatic heterocycles. The predicted molar refractivity (Wildman–Crippen MR) is 108 cm³/mol. The van der Waals surface area contributed by atoms with E-state index in [9.17, 15) is 9.59 Å². The smallest absolute Gasteiger partial charge is 0.345 e. The van der Waals surface area contributed by atoms with E-state index in [0.29, 0.717) is 12.1 Å². The molecule has 1 amide bonds. The fourth-order valence-electron chi connectivity index (χ4n) is 4.35. The van der Waals surface area contributed by atoms with Crippen LogP contribution in [0.1, 0.15) is 53.5 Å². The summed E-state index contributed by atoms with van der Waals surface area (Å²) in [4.78, 5) is 29.1. The lowest BCUT2D eigenvalue weighted by atomic mass is 10.0. The topological polar surface area (TPSA) is 63.4 Å². The molecule has 2 aromatic rings. The minimum atomic E-state index is -0.0223. The lowest BCUT2D eigenvalue weighted by Gasteiger charge is -2.27. The first-order valence-electron chi connectivity index (χ1n) is 10.2. The standard InChI is InChI=1S/C21H29N5O2/c1-23(2)20(27)17-10-8-16(9-11-17)14-25-21(28)26-18(6-5-7-19(26)22-25)15-24-12-3-4-13-24/h8-11,18H,3-7,12-15H2,1-2H3. The van der Waals surface area contributed by atoms with E-state index in [1.807, 2.05) is 28.8 Å². The molecule has 7 nitrogen and oxygen atoms in total. The number of carbonyl (C=O) groups excluding carboxylic acids is 1. The first-order valence-corrected chi connectivity index (χ1v) is 10.2. The molecule has 150 valence electrons. The summed E-state index contributed by atoms with van der Waals surface area (Å²) in [5.41, 5.74) is 1.62. The summed E-state index contributed by atoms with van der Waals surface area (Å²) in [6.45, 7) is 3.69. The SMILES string of the molecule is CN(C)C(=O)c1ccc(Cn2nc3n(c2=O)C(CN2CCCC2)CCC3)cc1. The number of nitrogens with zero attached hydrogens (tertiary/aromatic N) is 5. The molecule has 1 unspecified atom stereocenters. The van der Waals surface area contributed by atoms with Crippen LogP contribution in [0.25, 0.3) is 0 Å². The first kappa shape index (κ1) is 18.9. The monoisotopic (exact) mass is 383 g/mol. The van der Waals surface area contributed by atoms with Crippen molar-refractivity contribution in [2.75, 3.05) is 33.7 Å². The van der Waals surface area contributed by atoms with E-state index < -0.39 is 0 Å². The van der Waals surface area contributed by atoms with Crippen LogP contribution >= 0.6 is 0 Å². The van der Waals surface area contributed by atoms with Gasteiger partial charge < -0.3 is 9.80 Å². The van der Waals surface area contributed by atoms with Crippen LogP contribution < -0.4 is 5.69 Å². The highest BCUT2D eigenvalue weighted by atomic mass is 16.2. The number of hydrogen-bond acceptors (Lipinski definition) is 4. The molecule has 3 heterocycles. The Morgan fingerprint density at radius 3 is 2.54 bits per heavy atom. The van der Waals surface area contributed by atoms with Crippen molar-refractivity contribution in [3.05, 3.63) is 51.7 Å². The molecule has 2 aliphatic rings. The zero-order valence-corrected chi connectivity index (χ0v) is 16.8. The molecule has 1 saturated heterocycles. The van der Waals surface area contributed by atoms with Crippen LogP contribution in [0.15, 0.2) is 29.1 Å². The van der Waals surface area contributed by atoms with E-state index in [1.54, 1.807) is 23.7 Å². The summed E-state index contributed by atoms with van der Waals surface area (Å²) >= 11 is 0. The number of carbonyl (C=O) groups is 1. The number of amides is 1. The molecular formula is C21H29N5O2. The molecule has 0 saturated carbocycles. The average molecular weight is 383 g/mol. The van der Waals surface area contributed by atoms with Crippen molar-refractivity contribution in [3.63, 3.8) is 0 Å². The minimum Gasteiger partial charge on any atom is -0.345 e. The summed E-state index contributed by atoms with van der Waals surface area (Å²) in [6, 6.07) is 7.68. The maximum absolute atomic E-state index is 13.1. The van der Waals surface area contributed by atoms with Gasteiger partial charge in [-0.05, 0) is 56.5 Å². The van der Waals surface area contributed by atoms with E-state index in [1.165, 1.54) is 12.8 Å². The quantitative estimate of drug-likeness (QED) is 0.789. The lowest BCUT2D eigenvalue weighted by Crippen LogP contribution is -2.37. The second-order valence-electron chi connectivity index (χ2n) is 8.18.